The van der Waals surface area contributed by atoms with E-state index in [4.69, 9.17) is 8.58 Å². The van der Waals surface area contributed by atoms with Crippen LogP contribution in [0.4, 0.5) is 0 Å². The van der Waals surface area contributed by atoms with Crippen LogP contribution in [0.25, 0.3) is 11.1 Å². The van der Waals surface area contributed by atoms with Gasteiger partial charge in [0.2, 0.25) is 0 Å². The number of allylic oxidation sites excluding steroid dienone is 4. The van der Waals surface area contributed by atoms with E-state index in [9.17, 15) is 0 Å². The van der Waals surface area contributed by atoms with Gasteiger partial charge in [0.15, 0.2) is 0 Å². The monoisotopic (exact) mass is 562 g/mol. The second-order valence-corrected chi connectivity index (χ2v) is 52.4. The Kier molecular flexibility index (Phi) is 5.79. The molecule has 0 bridgehead atoms. The van der Waals surface area contributed by atoms with E-state index in [2.05, 4.69) is 78.4 Å². The van der Waals surface area contributed by atoms with Crippen LogP contribution in [0.5, 0.6) is 0 Å². The predicted molar refractivity (Wildman–Crippen MR) is 110 cm³/mol. The van der Waals surface area contributed by atoms with Gasteiger partial charge in [0.25, 0.3) is 0 Å². The van der Waals surface area contributed by atoms with Crippen LogP contribution in [0.2, 0.25) is 4.68 Å². The number of fused-ring (bicyclic) bond motifs is 3. The van der Waals surface area contributed by atoms with Gasteiger partial charge >= 0.3 is 139 Å². The third kappa shape index (κ3) is 2.95. The van der Waals surface area contributed by atoms with Gasteiger partial charge in [-0.25, -0.2) is 0 Å². The van der Waals surface area contributed by atoms with Crippen LogP contribution in [0.15, 0.2) is 70.1 Å². The minimum atomic E-state index is -3.70. The molecule has 2 aromatic carbocycles. The Bertz CT molecular complexity index is 863. The van der Waals surface area contributed by atoms with Gasteiger partial charge in [0.05, 0.1) is 0 Å². The van der Waals surface area contributed by atoms with Gasteiger partial charge in [0, 0.05) is 0 Å². The molecule has 5 heteroatoms. The van der Waals surface area contributed by atoms with Gasteiger partial charge in [-0.3, -0.25) is 0 Å². The summed E-state index contributed by atoms with van der Waals surface area (Å²) in [6, 6.07) is 17.7. The Labute approximate surface area is 162 Å². The number of hydrogen-bond donors (Lipinski definition) is 0. The fourth-order valence-electron chi connectivity index (χ4n) is 4.09. The van der Waals surface area contributed by atoms with Crippen LogP contribution in [-0.2, 0) is 15.9 Å². The molecule has 0 atom stereocenters. The summed E-state index contributed by atoms with van der Waals surface area (Å²) in [6.45, 7) is 2.14. The Morgan fingerprint density at radius 2 is 1.46 bits per heavy atom. The Balaban J connectivity index is 0.00000104. The van der Waals surface area contributed by atoms with Crippen LogP contribution in [0.1, 0.15) is 21.2 Å². The summed E-state index contributed by atoms with van der Waals surface area (Å²) in [7, 11) is 7.58. The molecule has 2 aliphatic carbocycles. The third-order valence-electron chi connectivity index (χ3n) is 5.21. The van der Waals surface area contributed by atoms with Crippen molar-refractivity contribution in [2.24, 2.45) is 0 Å². The molecule has 0 unspecified atom stereocenters. The normalized spacial score (nSPS) is 15.9. The van der Waals surface area contributed by atoms with E-state index in [0.29, 0.717) is 3.67 Å². The van der Waals surface area contributed by atoms with E-state index >= 15 is 0 Å². The summed E-state index contributed by atoms with van der Waals surface area (Å²) in [5, 5.41) is 0. The molecule has 0 radical (unpaired) electrons. The van der Waals surface area contributed by atoms with E-state index < -0.39 is 15.9 Å². The number of benzene rings is 2. The summed E-state index contributed by atoms with van der Waals surface area (Å²) < 4.78 is 4.34. The molecule has 0 fully saturated rings. The fraction of sp³-hybridized carbons (Fsp3) is 0.158. The summed E-state index contributed by atoms with van der Waals surface area (Å²) in [4.78, 5) is 0. The molecule has 2 aliphatic rings. The molecular weight excluding hydrogens is 541 g/mol. The number of rotatable bonds is 2. The molecule has 0 N–H and O–H groups in total. The molecule has 24 heavy (non-hydrogen) atoms. The van der Waals surface area contributed by atoms with Gasteiger partial charge in [-0.15, -0.1) is 24.8 Å². The van der Waals surface area contributed by atoms with Crippen molar-refractivity contribution in [1.82, 2.24) is 0 Å². The molecule has 0 amide bonds. The van der Waals surface area contributed by atoms with E-state index in [1.807, 2.05) is 0 Å². The van der Waals surface area contributed by atoms with Crippen molar-refractivity contribution in [3.63, 3.8) is 0 Å². The van der Waals surface area contributed by atoms with Gasteiger partial charge in [-0.05, 0) is 0 Å². The number of halogens is 3. The fourth-order valence-corrected chi connectivity index (χ4v) is 26.1. The zero-order valence-electron chi connectivity index (χ0n) is 13.5. The Morgan fingerprint density at radius 3 is 1.92 bits per heavy atom. The molecule has 0 saturated heterocycles. The van der Waals surface area contributed by atoms with Crippen LogP contribution in [0.3, 0.4) is 0 Å². The van der Waals surface area contributed by atoms with E-state index in [-0.39, 0.29) is 24.8 Å². The Morgan fingerprint density at radius 1 is 0.958 bits per heavy atom. The molecule has 0 aliphatic heterocycles. The summed E-state index contributed by atoms with van der Waals surface area (Å²) in [6.07, 6.45) is 7.76. The third-order valence-corrected chi connectivity index (χ3v) is 31.1. The quantitative estimate of drug-likeness (QED) is 0.401. The SMILES string of the molecule is Cl.Cl.[CH3][Hf](=[SiH2])([Cl])([C]1=CC=CC1)[CH]1c2ccccc2-c2ccccc21. The molecule has 2 aromatic rings. The zero-order chi connectivity index (χ0) is 15.4. The van der Waals surface area contributed by atoms with E-state index in [0.717, 1.165) is 6.42 Å². The molecule has 0 heterocycles. The van der Waals surface area contributed by atoms with Crippen molar-refractivity contribution < 1.29 is 15.9 Å². The van der Waals surface area contributed by atoms with Crippen molar-refractivity contribution in [1.29, 1.82) is 0 Å². The van der Waals surface area contributed by atoms with Crippen LogP contribution >= 0.6 is 33.4 Å². The maximum atomic E-state index is 7.58. The van der Waals surface area contributed by atoms with Gasteiger partial charge in [-0.2, -0.15) is 0 Å². The van der Waals surface area contributed by atoms with Gasteiger partial charge < -0.3 is 0 Å². The van der Waals surface area contributed by atoms with Crippen LogP contribution in [0, 0.1) is 0 Å². The molecular formula is C19H21Cl3HfSi. The zero-order valence-corrected chi connectivity index (χ0v) is 20.9. The first-order valence-electron chi connectivity index (χ1n) is 7.78. The first-order valence-corrected chi connectivity index (χ1v) is 28.0. The summed E-state index contributed by atoms with van der Waals surface area (Å²) in [5.41, 5.74) is 5.65. The summed E-state index contributed by atoms with van der Waals surface area (Å²) in [5.74, 6) is 0. The van der Waals surface area contributed by atoms with Crippen molar-refractivity contribution in [2.75, 3.05) is 0 Å². The van der Waals surface area contributed by atoms with Crippen molar-refractivity contribution in [2.45, 2.75) is 14.8 Å². The second-order valence-electron chi connectivity index (χ2n) is 6.88. The molecule has 0 aromatic heterocycles. The Hall–Kier alpha value is -0.123. The molecule has 4 rings (SSSR count). The minimum absolute atomic E-state index is 0. The van der Waals surface area contributed by atoms with E-state index in [1.54, 1.807) is 0 Å². The standard InChI is InChI=1S/C13H9.C5H5.CH3.3ClH.Hf.H2Si/c1-3-7-12-10(5-1)9-11-6-2-4-8-13(11)12;1-2-4-5-3-1;;;;;;/h1-9H;1-3H,4H2;1H3;3*1H;;1H2/q;;;;;;+1;/p-1. The average molecular weight is 562 g/mol. The van der Waals surface area contributed by atoms with Crippen molar-refractivity contribution in [3.8, 4) is 11.1 Å². The van der Waals surface area contributed by atoms with Gasteiger partial charge in [-0.1, -0.05) is 0 Å². The summed E-state index contributed by atoms with van der Waals surface area (Å²) >= 11 is -3.70. The van der Waals surface area contributed by atoms with Crippen molar-refractivity contribution >= 4 is 40.3 Å². The molecule has 0 spiro atoms. The molecule has 0 nitrogen and oxygen atoms in total. The van der Waals surface area contributed by atoms with Gasteiger partial charge in [0.1, 0.15) is 0 Å². The number of hydrogen-bond acceptors (Lipinski definition) is 0. The first kappa shape index (κ1) is 20.2. The molecule has 126 valence electrons. The predicted octanol–water partition coefficient (Wildman–Crippen LogP) is 5.88. The second kappa shape index (κ2) is 6.89. The van der Waals surface area contributed by atoms with Crippen molar-refractivity contribution in [3.05, 3.63) is 81.2 Å². The maximum absolute atomic E-state index is 7.58. The molecule has 0 saturated carbocycles. The average Bonchev–Trinajstić information content (AvgIpc) is 3.14. The first-order chi connectivity index (χ1) is 10.5. The van der Waals surface area contributed by atoms with Crippen LogP contribution in [-0.4, -0.2) is 6.94 Å². The van der Waals surface area contributed by atoms with E-state index in [1.165, 1.54) is 25.6 Å². The topological polar surface area (TPSA) is 0 Å². The van der Waals surface area contributed by atoms with Crippen LogP contribution < -0.4 is 0 Å².